The molecule has 8 nitrogen and oxygen atoms in total. The van der Waals surface area contributed by atoms with Crippen LogP contribution in [-0.2, 0) is 24.3 Å². The van der Waals surface area contributed by atoms with Gasteiger partial charge in [0.1, 0.15) is 5.82 Å². The molecule has 2 aliphatic rings. The fourth-order valence-corrected chi connectivity index (χ4v) is 3.83. The van der Waals surface area contributed by atoms with Gasteiger partial charge >= 0.3 is 6.03 Å². The van der Waals surface area contributed by atoms with Crippen molar-refractivity contribution >= 4 is 11.7 Å². The molecule has 1 N–H and O–H groups in total. The molecule has 0 aromatic carbocycles. The molecule has 0 fully saturated rings. The average molecular weight is 432 g/mol. The summed E-state index contributed by atoms with van der Waals surface area (Å²) < 4.78 is 20.5. The van der Waals surface area contributed by atoms with Gasteiger partial charge in [-0.1, -0.05) is 11.8 Å². The molecular formula is C23H21FN6O2. The Bertz CT molecular complexity index is 1230. The standard InChI is InChI=1S/C23H21FN6O2/c1-15(19-5-4-18(24)13-26-19)28-23(31)29-7-6-20-21(29)10-16(11-25-20)2-3-17-12-27-30-8-9-32-14-22(17)30/h4-5,10-13,15H,6-9,14H2,1H3,(H,28,31)/t15-/m0/s1. The summed E-state index contributed by atoms with van der Waals surface area (Å²) >= 11 is 0. The van der Waals surface area contributed by atoms with E-state index in [0.717, 1.165) is 35.4 Å². The third-order valence-electron chi connectivity index (χ3n) is 5.57. The summed E-state index contributed by atoms with van der Waals surface area (Å²) in [5.41, 5.74) is 4.71. The van der Waals surface area contributed by atoms with Gasteiger partial charge in [0.2, 0.25) is 0 Å². The molecule has 2 aliphatic heterocycles. The van der Waals surface area contributed by atoms with E-state index < -0.39 is 5.82 Å². The zero-order valence-electron chi connectivity index (χ0n) is 17.5. The Morgan fingerprint density at radius 3 is 2.97 bits per heavy atom. The maximum atomic E-state index is 13.1. The number of pyridine rings is 2. The van der Waals surface area contributed by atoms with Crippen molar-refractivity contribution in [2.45, 2.75) is 32.5 Å². The number of aromatic nitrogens is 4. The minimum Gasteiger partial charge on any atom is -0.373 e. The lowest BCUT2D eigenvalue weighted by Crippen LogP contribution is -2.40. The minimum atomic E-state index is -0.412. The van der Waals surface area contributed by atoms with Gasteiger partial charge in [-0.25, -0.2) is 9.18 Å². The minimum absolute atomic E-state index is 0.253. The number of halogens is 1. The van der Waals surface area contributed by atoms with Crippen LogP contribution in [0.25, 0.3) is 0 Å². The molecule has 0 radical (unpaired) electrons. The lowest BCUT2D eigenvalue weighted by Gasteiger charge is -2.21. The molecule has 3 aromatic rings. The van der Waals surface area contributed by atoms with Crippen LogP contribution < -0.4 is 10.2 Å². The molecule has 5 heterocycles. The predicted molar refractivity (Wildman–Crippen MR) is 114 cm³/mol. The normalized spacial score (nSPS) is 15.4. The Morgan fingerprint density at radius 1 is 1.22 bits per heavy atom. The smallest absolute Gasteiger partial charge is 0.322 e. The summed E-state index contributed by atoms with van der Waals surface area (Å²) in [5, 5.41) is 7.27. The van der Waals surface area contributed by atoms with Crippen LogP contribution in [0, 0.1) is 17.7 Å². The number of hydrogen-bond donors (Lipinski definition) is 1. The highest BCUT2D eigenvalue weighted by Crippen LogP contribution is 2.27. The molecule has 0 saturated heterocycles. The zero-order valence-corrected chi connectivity index (χ0v) is 17.5. The first-order valence-electron chi connectivity index (χ1n) is 10.4. The fraction of sp³-hybridized carbons (Fsp3) is 0.304. The molecule has 0 spiro atoms. The second kappa shape index (κ2) is 8.40. The van der Waals surface area contributed by atoms with Gasteiger partial charge in [0, 0.05) is 24.7 Å². The van der Waals surface area contributed by atoms with Crippen LogP contribution in [0.3, 0.4) is 0 Å². The predicted octanol–water partition coefficient (Wildman–Crippen LogP) is 2.58. The number of anilines is 1. The Balaban J connectivity index is 1.33. The van der Waals surface area contributed by atoms with Crippen LogP contribution >= 0.6 is 0 Å². The molecule has 0 bridgehead atoms. The molecule has 32 heavy (non-hydrogen) atoms. The Morgan fingerprint density at radius 2 is 2.12 bits per heavy atom. The molecule has 5 rings (SSSR count). The van der Waals surface area contributed by atoms with Crippen LogP contribution in [0.1, 0.15) is 41.2 Å². The number of nitrogens with zero attached hydrogens (tertiary/aromatic N) is 5. The number of fused-ring (bicyclic) bond motifs is 2. The number of nitrogens with one attached hydrogen (secondary N) is 1. The molecular weight excluding hydrogens is 411 g/mol. The van der Waals surface area contributed by atoms with E-state index in [1.807, 2.05) is 17.7 Å². The van der Waals surface area contributed by atoms with Crippen LogP contribution in [0.4, 0.5) is 14.9 Å². The van der Waals surface area contributed by atoms with E-state index in [1.54, 1.807) is 23.4 Å². The molecule has 9 heteroatoms. The van der Waals surface area contributed by atoms with Crippen LogP contribution in [-0.4, -0.2) is 38.9 Å². The van der Waals surface area contributed by atoms with E-state index in [0.29, 0.717) is 37.4 Å². The van der Waals surface area contributed by atoms with Gasteiger partial charge in [-0.05, 0) is 25.1 Å². The highest BCUT2D eigenvalue weighted by atomic mass is 19.1. The van der Waals surface area contributed by atoms with Crippen molar-refractivity contribution < 1.29 is 13.9 Å². The second-order valence-electron chi connectivity index (χ2n) is 7.69. The largest absolute Gasteiger partial charge is 0.373 e. The number of urea groups is 1. The van der Waals surface area contributed by atoms with E-state index >= 15 is 0 Å². The number of hydrogen-bond acceptors (Lipinski definition) is 5. The highest BCUT2D eigenvalue weighted by Gasteiger charge is 2.27. The van der Waals surface area contributed by atoms with Gasteiger partial charge < -0.3 is 10.1 Å². The van der Waals surface area contributed by atoms with Crippen molar-refractivity contribution in [3.8, 4) is 11.8 Å². The maximum Gasteiger partial charge on any atom is 0.322 e. The fourth-order valence-electron chi connectivity index (χ4n) is 3.83. The number of carbonyl (C=O) groups excluding carboxylic acids is 1. The van der Waals surface area contributed by atoms with Gasteiger partial charge in [-0.2, -0.15) is 5.10 Å². The lowest BCUT2D eigenvalue weighted by atomic mass is 10.2. The summed E-state index contributed by atoms with van der Waals surface area (Å²) in [6.07, 6.45) is 5.29. The van der Waals surface area contributed by atoms with E-state index in [4.69, 9.17) is 4.74 Å². The van der Waals surface area contributed by atoms with Crippen molar-refractivity contribution in [1.29, 1.82) is 0 Å². The van der Waals surface area contributed by atoms with E-state index in [-0.39, 0.29) is 12.1 Å². The van der Waals surface area contributed by atoms with Crippen LogP contribution in [0.2, 0.25) is 0 Å². The molecule has 0 aliphatic carbocycles. The van der Waals surface area contributed by atoms with Gasteiger partial charge in [-0.3, -0.25) is 19.5 Å². The maximum absolute atomic E-state index is 13.1. The van der Waals surface area contributed by atoms with Crippen molar-refractivity contribution in [2.75, 3.05) is 18.1 Å². The van der Waals surface area contributed by atoms with Crippen LogP contribution in [0.15, 0.2) is 36.8 Å². The van der Waals surface area contributed by atoms with Gasteiger partial charge in [0.25, 0.3) is 0 Å². The summed E-state index contributed by atoms with van der Waals surface area (Å²) in [4.78, 5) is 23.1. The van der Waals surface area contributed by atoms with Crippen molar-refractivity contribution in [3.05, 3.63) is 70.8 Å². The van der Waals surface area contributed by atoms with Crippen molar-refractivity contribution in [3.63, 3.8) is 0 Å². The number of carbonyl (C=O) groups is 1. The van der Waals surface area contributed by atoms with E-state index in [9.17, 15) is 9.18 Å². The van der Waals surface area contributed by atoms with Crippen LogP contribution in [0.5, 0.6) is 0 Å². The first kappa shape index (κ1) is 20.2. The molecule has 2 amide bonds. The lowest BCUT2D eigenvalue weighted by molar-refractivity contribution is 0.0799. The molecule has 3 aromatic heterocycles. The first-order valence-corrected chi connectivity index (χ1v) is 10.4. The Labute approximate surface area is 184 Å². The molecule has 0 saturated carbocycles. The van der Waals surface area contributed by atoms with E-state index in [1.165, 1.54) is 6.07 Å². The highest BCUT2D eigenvalue weighted by molar-refractivity contribution is 5.94. The quantitative estimate of drug-likeness (QED) is 0.629. The number of amides is 2. The summed E-state index contributed by atoms with van der Waals surface area (Å²) in [6, 6.07) is 4.16. The monoisotopic (exact) mass is 432 g/mol. The average Bonchev–Trinajstić information content (AvgIpc) is 3.42. The van der Waals surface area contributed by atoms with Gasteiger partial charge in [0.05, 0.1) is 66.5 Å². The van der Waals surface area contributed by atoms with Crippen molar-refractivity contribution in [2.24, 2.45) is 0 Å². The SMILES string of the molecule is C[C@H](NC(=O)N1CCc2ncc(C#Cc3cnn4c3COCC4)cc21)c1ccc(F)cn1. The second-order valence-corrected chi connectivity index (χ2v) is 7.69. The summed E-state index contributed by atoms with van der Waals surface area (Å²) in [6.45, 7) is 4.23. The molecule has 162 valence electrons. The summed E-state index contributed by atoms with van der Waals surface area (Å²) in [7, 11) is 0. The molecule has 0 unspecified atom stereocenters. The third kappa shape index (κ3) is 3.92. The van der Waals surface area contributed by atoms with E-state index in [2.05, 4.69) is 32.2 Å². The zero-order chi connectivity index (χ0) is 22.1. The Kier molecular flexibility index (Phi) is 5.29. The first-order chi connectivity index (χ1) is 15.6. The molecule has 1 atom stereocenters. The van der Waals surface area contributed by atoms with Gasteiger partial charge in [-0.15, -0.1) is 0 Å². The van der Waals surface area contributed by atoms with Gasteiger partial charge in [0.15, 0.2) is 0 Å². The topological polar surface area (TPSA) is 85.2 Å². The Hall–Kier alpha value is -3.77. The number of ether oxygens (including phenoxy) is 1. The van der Waals surface area contributed by atoms with Crippen molar-refractivity contribution in [1.82, 2.24) is 25.1 Å². The third-order valence-corrected chi connectivity index (χ3v) is 5.57. The number of rotatable bonds is 2. The summed E-state index contributed by atoms with van der Waals surface area (Å²) in [5.74, 6) is 5.87.